The van der Waals surface area contributed by atoms with E-state index >= 15 is 0 Å². The van der Waals surface area contributed by atoms with Crippen LogP contribution in [0.25, 0.3) is 33.8 Å². The van der Waals surface area contributed by atoms with Crippen molar-refractivity contribution >= 4 is 28.3 Å². The largest absolute Gasteiger partial charge is 0.382 e. The van der Waals surface area contributed by atoms with Gasteiger partial charge in [0.15, 0.2) is 0 Å². The average Bonchev–Trinajstić information content (AvgIpc) is 3.54. The topological polar surface area (TPSA) is 88.1 Å². The van der Waals surface area contributed by atoms with Gasteiger partial charge in [0.2, 0.25) is 0 Å². The number of piperidine rings is 1. The van der Waals surface area contributed by atoms with Crippen LogP contribution in [0.1, 0.15) is 30.1 Å². The quantitative estimate of drug-likeness (QED) is 0.403. The summed E-state index contributed by atoms with van der Waals surface area (Å²) in [7, 11) is 2.18. The third-order valence-corrected chi connectivity index (χ3v) is 6.43. The lowest BCUT2D eigenvalue weighted by Gasteiger charge is -2.28. The Balaban J connectivity index is 0.000000297. The van der Waals surface area contributed by atoms with Gasteiger partial charge < -0.3 is 15.6 Å². The number of nitrogens with one attached hydrogen (secondary N) is 1. The third kappa shape index (κ3) is 4.30. The number of fused-ring (bicyclic) bond motifs is 2. The Morgan fingerprint density at radius 2 is 1.97 bits per heavy atom. The zero-order valence-corrected chi connectivity index (χ0v) is 19.4. The van der Waals surface area contributed by atoms with Crippen molar-refractivity contribution in [1.29, 1.82) is 0 Å². The number of hydrogen-bond donors (Lipinski definition) is 2. The van der Waals surface area contributed by atoms with E-state index < -0.39 is 0 Å². The normalized spacial score (nSPS) is 14.7. The van der Waals surface area contributed by atoms with Crippen LogP contribution in [0, 0.1) is 0 Å². The number of imidazole rings is 1. The zero-order valence-electron chi connectivity index (χ0n) is 19.4. The summed E-state index contributed by atoms with van der Waals surface area (Å²) in [5.74, 6) is 2.03. The fourth-order valence-corrected chi connectivity index (χ4v) is 4.52. The van der Waals surface area contributed by atoms with E-state index in [9.17, 15) is 0 Å². The molecule has 0 unspecified atom stereocenters. The van der Waals surface area contributed by atoms with Gasteiger partial charge >= 0.3 is 0 Å². The molecule has 0 aliphatic carbocycles. The van der Waals surface area contributed by atoms with Crippen LogP contribution in [0.2, 0.25) is 0 Å². The molecule has 4 aromatic heterocycles. The standard InChI is InChI=1S/C21H22N6.C6H7N/c1-26-10-6-15(7-11-26)21-25-18(19-20(22)24-9-12-27(19)21)16-5-4-14-3-2-8-23-17(14)13-16;1-2-6-3-4-7-5-6/h2-5,8-9,12-13,15H,6-7,10-11H2,1H3,(H2,22,24);2-5,7H,1H2. The molecule has 0 radical (unpaired) electrons. The number of rotatable bonds is 3. The van der Waals surface area contributed by atoms with Crippen molar-refractivity contribution in [2.24, 2.45) is 0 Å². The van der Waals surface area contributed by atoms with Crippen molar-refractivity contribution in [3.8, 4) is 11.3 Å². The first kappa shape index (κ1) is 21.9. The van der Waals surface area contributed by atoms with E-state index in [1.807, 2.05) is 36.9 Å². The lowest BCUT2D eigenvalue weighted by molar-refractivity contribution is 0.251. The third-order valence-electron chi connectivity index (χ3n) is 6.43. The molecule has 0 bridgehead atoms. The number of pyridine rings is 1. The average molecular weight is 452 g/mol. The van der Waals surface area contributed by atoms with Gasteiger partial charge in [-0.25, -0.2) is 9.97 Å². The summed E-state index contributed by atoms with van der Waals surface area (Å²) in [6.07, 6.45) is 13.3. The van der Waals surface area contributed by atoms with Crippen LogP contribution < -0.4 is 5.73 Å². The Bertz CT molecular complexity index is 1410. The molecule has 1 aromatic carbocycles. The van der Waals surface area contributed by atoms with Crippen molar-refractivity contribution in [1.82, 2.24) is 29.2 Å². The summed E-state index contributed by atoms with van der Waals surface area (Å²) in [5.41, 5.74) is 11.2. The highest BCUT2D eigenvalue weighted by Gasteiger charge is 2.25. The number of nitrogens with two attached hydrogens (primary N) is 1. The predicted molar refractivity (Wildman–Crippen MR) is 138 cm³/mol. The molecule has 0 saturated carbocycles. The van der Waals surface area contributed by atoms with Gasteiger partial charge in [0, 0.05) is 47.9 Å². The minimum Gasteiger partial charge on any atom is -0.382 e. The van der Waals surface area contributed by atoms with E-state index in [4.69, 9.17) is 10.7 Å². The van der Waals surface area contributed by atoms with Crippen molar-refractivity contribution in [2.45, 2.75) is 18.8 Å². The number of H-pyrrole nitrogens is 1. The Morgan fingerprint density at radius 1 is 1.12 bits per heavy atom. The van der Waals surface area contributed by atoms with Crippen LogP contribution in [0.15, 0.2) is 74.0 Å². The van der Waals surface area contributed by atoms with Crippen LogP contribution in [0.4, 0.5) is 5.82 Å². The van der Waals surface area contributed by atoms with Gasteiger partial charge in [0.25, 0.3) is 0 Å². The van der Waals surface area contributed by atoms with Gasteiger partial charge in [-0.1, -0.05) is 30.9 Å². The first-order valence-electron chi connectivity index (χ1n) is 11.6. The number of nitrogens with zero attached hydrogens (tertiary/aromatic N) is 5. The maximum atomic E-state index is 6.28. The molecule has 34 heavy (non-hydrogen) atoms. The number of likely N-dealkylation sites (tertiary alicyclic amines) is 1. The van der Waals surface area contributed by atoms with Gasteiger partial charge in [-0.05, 0) is 56.7 Å². The van der Waals surface area contributed by atoms with Gasteiger partial charge in [0.1, 0.15) is 22.9 Å². The highest BCUT2D eigenvalue weighted by molar-refractivity contribution is 5.90. The molecule has 7 nitrogen and oxygen atoms in total. The smallest absolute Gasteiger partial charge is 0.150 e. The molecule has 3 N–H and O–H groups in total. The first-order chi connectivity index (χ1) is 16.6. The molecule has 1 fully saturated rings. The molecule has 0 spiro atoms. The molecule has 1 aliphatic rings. The molecule has 5 aromatic rings. The molecule has 6 rings (SSSR count). The van der Waals surface area contributed by atoms with E-state index in [2.05, 4.69) is 62.1 Å². The van der Waals surface area contributed by atoms with Crippen LogP contribution in [-0.2, 0) is 0 Å². The number of hydrogen-bond acceptors (Lipinski definition) is 5. The van der Waals surface area contributed by atoms with Crippen LogP contribution in [0.3, 0.4) is 0 Å². The number of aromatic amines is 1. The summed E-state index contributed by atoms with van der Waals surface area (Å²) < 4.78 is 2.14. The minimum atomic E-state index is 0.433. The van der Waals surface area contributed by atoms with Gasteiger partial charge in [0.05, 0.1) is 5.52 Å². The molecule has 172 valence electrons. The Labute approximate surface area is 199 Å². The number of benzene rings is 1. The molecular weight excluding hydrogens is 422 g/mol. The summed E-state index contributed by atoms with van der Waals surface area (Å²) in [6, 6.07) is 12.3. The molecule has 0 atom stereocenters. The SMILES string of the molecule is C=Cc1cc[nH]c1.CN1CCC(c2nc(-c3ccc4cccnc4c3)c3c(N)nccn23)CC1. The molecule has 7 heteroatoms. The summed E-state index contributed by atoms with van der Waals surface area (Å²) in [5, 5.41) is 1.12. The Hall–Kier alpha value is -3.97. The predicted octanol–water partition coefficient (Wildman–Crippen LogP) is 4.99. The van der Waals surface area contributed by atoms with Crippen LogP contribution in [0.5, 0.6) is 0 Å². The molecule has 5 heterocycles. The fraction of sp³-hybridized carbons (Fsp3) is 0.222. The fourth-order valence-electron chi connectivity index (χ4n) is 4.52. The highest BCUT2D eigenvalue weighted by Crippen LogP contribution is 2.34. The van der Waals surface area contributed by atoms with Crippen LogP contribution >= 0.6 is 0 Å². The number of nitrogen functional groups attached to an aromatic ring is 1. The Kier molecular flexibility index (Phi) is 6.10. The molecule has 1 aliphatic heterocycles. The lowest BCUT2D eigenvalue weighted by Crippen LogP contribution is -2.29. The zero-order chi connectivity index (χ0) is 23.5. The van der Waals surface area contributed by atoms with E-state index in [1.54, 1.807) is 12.3 Å². The second kappa shape index (κ2) is 9.49. The molecule has 0 amide bonds. The minimum absolute atomic E-state index is 0.433. The van der Waals surface area contributed by atoms with Crippen LogP contribution in [-0.4, -0.2) is 49.4 Å². The lowest BCUT2D eigenvalue weighted by atomic mass is 9.96. The summed E-state index contributed by atoms with van der Waals surface area (Å²) in [4.78, 5) is 19.2. The maximum absolute atomic E-state index is 6.28. The van der Waals surface area contributed by atoms with Crippen molar-refractivity contribution in [2.75, 3.05) is 25.9 Å². The summed E-state index contributed by atoms with van der Waals surface area (Å²) >= 11 is 0. The highest BCUT2D eigenvalue weighted by atomic mass is 15.1. The van der Waals surface area contributed by atoms with E-state index in [-0.39, 0.29) is 0 Å². The van der Waals surface area contributed by atoms with E-state index in [1.165, 1.54) is 0 Å². The van der Waals surface area contributed by atoms with E-state index in [0.717, 1.165) is 65.0 Å². The van der Waals surface area contributed by atoms with Gasteiger partial charge in [-0.15, -0.1) is 0 Å². The summed E-state index contributed by atoms with van der Waals surface area (Å²) in [6.45, 7) is 5.77. The maximum Gasteiger partial charge on any atom is 0.150 e. The number of anilines is 1. The van der Waals surface area contributed by atoms with Crippen molar-refractivity contribution in [3.63, 3.8) is 0 Å². The van der Waals surface area contributed by atoms with Gasteiger partial charge in [-0.3, -0.25) is 9.38 Å². The second-order valence-electron chi connectivity index (χ2n) is 8.69. The van der Waals surface area contributed by atoms with Crippen molar-refractivity contribution < 1.29 is 0 Å². The van der Waals surface area contributed by atoms with E-state index in [0.29, 0.717) is 11.7 Å². The Morgan fingerprint density at radius 3 is 2.71 bits per heavy atom. The second-order valence-corrected chi connectivity index (χ2v) is 8.69. The monoisotopic (exact) mass is 451 g/mol. The van der Waals surface area contributed by atoms with Gasteiger partial charge in [-0.2, -0.15) is 0 Å². The molecular formula is C27H29N7. The van der Waals surface area contributed by atoms with Crippen molar-refractivity contribution in [3.05, 3.63) is 85.3 Å². The molecule has 1 saturated heterocycles. The number of aromatic nitrogens is 5. The first-order valence-corrected chi connectivity index (χ1v) is 11.6.